The lowest BCUT2D eigenvalue weighted by molar-refractivity contribution is -0.142. The van der Waals surface area contributed by atoms with Crippen molar-refractivity contribution in [3.63, 3.8) is 0 Å². The molecule has 512 valence electrons. The number of nitrogens with two attached hydrogens (primary N) is 3. The Bertz CT molecular complexity index is 2470. The predicted molar refractivity (Wildman–Crippen MR) is 322 cm³/mol. The molecule has 0 bridgehead atoms. The first-order chi connectivity index (χ1) is 41.9. The summed E-state index contributed by atoms with van der Waals surface area (Å²) in [5.74, 6) is -16.7. The lowest BCUT2D eigenvalue weighted by Gasteiger charge is -2.28. The van der Waals surface area contributed by atoms with Gasteiger partial charge in [-0.05, 0) is 69.1 Å². The summed E-state index contributed by atoms with van der Waals surface area (Å²) in [6.45, 7) is 10.0. The highest BCUT2D eigenvalue weighted by molar-refractivity contribution is 7.80. The third-order valence-corrected chi connectivity index (χ3v) is 13.3. The van der Waals surface area contributed by atoms with Crippen molar-refractivity contribution in [3.05, 3.63) is 0 Å². The third-order valence-electron chi connectivity index (χ3n) is 12.9. The molecule has 36 heteroatoms. The summed E-state index contributed by atoms with van der Waals surface area (Å²) in [6, 6.07) is -16.8. The van der Waals surface area contributed by atoms with Crippen LogP contribution in [0.15, 0.2) is 0 Å². The average molecular weight is 1310 g/mol. The van der Waals surface area contributed by atoms with Gasteiger partial charge in [-0.25, -0.2) is 4.79 Å². The molecule has 0 aromatic heterocycles. The van der Waals surface area contributed by atoms with Gasteiger partial charge >= 0.3 is 5.97 Å². The van der Waals surface area contributed by atoms with E-state index in [1.54, 1.807) is 55.4 Å². The fourth-order valence-electron chi connectivity index (χ4n) is 8.15. The molecule has 0 fully saturated rings. The molecular weight excluding hydrogens is 1210 g/mol. The molecule has 14 amide bonds. The van der Waals surface area contributed by atoms with E-state index in [-0.39, 0.29) is 67.9 Å². The van der Waals surface area contributed by atoms with E-state index in [1.807, 2.05) is 0 Å². The highest BCUT2D eigenvalue weighted by atomic mass is 32.1. The number of carboxylic acids is 1. The second-order valence-electron chi connectivity index (χ2n) is 23.0. The lowest BCUT2D eigenvalue weighted by atomic mass is 9.99. The summed E-state index contributed by atoms with van der Waals surface area (Å²) < 4.78 is 0. The van der Waals surface area contributed by atoms with Gasteiger partial charge in [0.15, 0.2) is 0 Å². The fourth-order valence-corrected chi connectivity index (χ4v) is 8.41. The largest absolute Gasteiger partial charge is 0.480 e. The molecule has 0 saturated heterocycles. The molecule has 0 aromatic carbocycles. The Balaban J connectivity index is 6.24. The molecule has 12 atom stereocenters. The van der Waals surface area contributed by atoms with Crippen LogP contribution in [-0.4, -0.2) is 225 Å². The number of amides is 14. The molecule has 23 N–H and O–H groups in total. The lowest BCUT2D eigenvalue weighted by Crippen LogP contribution is -2.61. The zero-order valence-electron chi connectivity index (χ0n) is 52.2. The van der Waals surface area contributed by atoms with E-state index in [2.05, 4.69) is 76.4 Å². The van der Waals surface area contributed by atoms with Crippen LogP contribution in [0.5, 0.6) is 0 Å². The smallest absolute Gasteiger partial charge is 0.326 e. The van der Waals surface area contributed by atoms with Crippen LogP contribution >= 0.6 is 12.6 Å². The van der Waals surface area contributed by atoms with Gasteiger partial charge in [0.2, 0.25) is 82.7 Å². The summed E-state index contributed by atoms with van der Waals surface area (Å²) in [5, 5.41) is 77.3. The van der Waals surface area contributed by atoms with Gasteiger partial charge in [0, 0.05) is 18.6 Å². The number of carboxylic acid groups (broad SMARTS) is 1. The second kappa shape index (κ2) is 42.2. The van der Waals surface area contributed by atoms with Crippen molar-refractivity contribution in [1.82, 2.24) is 63.8 Å². The van der Waals surface area contributed by atoms with Gasteiger partial charge in [0.1, 0.15) is 66.5 Å². The van der Waals surface area contributed by atoms with Gasteiger partial charge in [0.25, 0.3) is 0 Å². The first-order valence-electron chi connectivity index (χ1n) is 29.1. The maximum absolute atomic E-state index is 14.0. The van der Waals surface area contributed by atoms with E-state index in [4.69, 9.17) is 17.2 Å². The topological polar surface area (TPSA) is 580 Å². The summed E-state index contributed by atoms with van der Waals surface area (Å²) in [7, 11) is 0. The number of nitrogens with one attached hydrogen (secondary N) is 12. The number of carbonyl (C=O) groups excluding carboxylic acids is 14. The fraction of sp³-hybridized carbons (Fsp3) is 0.722. The highest BCUT2D eigenvalue weighted by Crippen LogP contribution is 2.12. The molecule has 0 rings (SSSR count). The Labute approximate surface area is 526 Å². The molecule has 0 heterocycles. The minimum Gasteiger partial charge on any atom is -0.480 e. The van der Waals surface area contributed by atoms with Crippen molar-refractivity contribution in [1.29, 1.82) is 0 Å². The number of aliphatic hydroxyl groups excluding tert-OH is 4. The predicted octanol–water partition coefficient (Wildman–Crippen LogP) is -8.52. The van der Waals surface area contributed by atoms with Crippen LogP contribution < -0.4 is 81.0 Å². The Kier molecular flexibility index (Phi) is 38.6. The van der Waals surface area contributed by atoms with Crippen molar-refractivity contribution >= 4 is 101 Å². The Morgan fingerprint density at radius 2 is 0.622 bits per heavy atom. The van der Waals surface area contributed by atoms with E-state index < -0.39 is 207 Å². The monoisotopic (exact) mass is 1310 g/mol. The second-order valence-corrected chi connectivity index (χ2v) is 23.4. The van der Waals surface area contributed by atoms with Crippen molar-refractivity contribution in [2.45, 2.75) is 186 Å². The van der Waals surface area contributed by atoms with E-state index in [0.717, 1.165) is 0 Å². The molecule has 0 aliphatic heterocycles. The van der Waals surface area contributed by atoms with Crippen LogP contribution in [0.2, 0.25) is 0 Å². The number of carbonyl (C=O) groups is 15. The van der Waals surface area contributed by atoms with Gasteiger partial charge in [0.05, 0.1) is 39.0 Å². The number of thiol groups is 1. The zero-order valence-corrected chi connectivity index (χ0v) is 53.1. The first kappa shape index (κ1) is 82.2. The standard InChI is InChI=1S/C54H95N15O20S/c1-24(2)14-31(62-47(81)32(15-25(3)4)64-50(84)36(21-71)68-51(85)37(22-72)67-49(83)34(17-27(7)8)65-52(86)38(23-90)69-53(87)43(57)28(9)73)44(78)58-18-41(76)60-29(10-12-39(55)74)46(80)63-33(16-26(5)6)48(82)66-35(20-70)45(79)59-19-42(77)61-30(54(88)89)11-13-40(56)75/h24-38,43,70-73,90H,10-23,57H2,1-9H3,(H2,55,74)(H2,56,75)(H,58,78)(H,59,79)(H,60,76)(H,61,77)(H,62,81)(H,63,80)(H,64,84)(H,65,86)(H,66,82)(H,67,83)(H,68,85)(H,69,87)(H,88,89)/t28-,29+,30+,31+,32+,33+,34+,35+,36+,37+,38+,43+/m1/s1. The van der Waals surface area contributed by atoms with Crippen LogP contribution in [0, 0.1) is 23.7 Å². The number of aliphatic hydroxyl groups is 4. The highest BCUT2D eigenvalue weighted by Gasteiger charge is 2.36. The van der Waals surface area contributed by atoms with Crippen LogP contribution in [0.4, 0.5) is 0 Å². The van der Waals surface area contributed by atoms with Gasteiger partial charge in [-0.1, -0.05) is 55.4 Å². The van der Waals surface area contributed by atoms with Gasteiger partial charge in [-0.3, -0.25) is 67.1 Å². The van der Waals surface area contributed by atoms with Crippen LogP contribution in [-0.2, 0) is 71.9 Å². The van der Waals surface area contributed by atoms with E-state index in [9.17, 15) is 97.5 Å². The van der Waals surface area contributed by atoms with Crippen LogP contribution in [0.3, 0.4) is 0 Å². The van der Waals surface area contributed by atoms with Gasteiger partial charge in [-0.2, -0.15) is 12.6 Å². The number of rotatable bonds is 44. The van der Waals surface area contributed by atoms with Crippen molar-refractivity contribution < 1.29 is 97.5 Å². The third kappa shape index (κ3) is 32.6. The van der Waals surface area contributed by atoms with Crippen LogP contribution in [0.25, 0.3) is 0 Å². The number of aliphatic carboxylic acids is 1. The molecule has 0 spiro atoms. The van der Waals surface area contributed by atoms with E-state index >= 15 is 0 Å². The maximum atomic E-state index is 14.0. The van der Waals surface area contributed by atoms with E-state index in [1.165, 1.54) is 6.92 Å². The van der Waals surface area contributed by atoms with Crippen LogP contribution in [0.1, 0.15) is 114 Å². The molecule has 0 saturated carbocycles. The summed E-state index contributed by atoms with van der Waals surface area (Å²) in [5.41, 5.74) is 16.0. The average Bonchev–Trinajstić information content (AvgIpc) is 2.21. The SMILES string of the molecule is CC(C)C[C@H](NC(=O)[C@H](CC(C)C)NC(=O)[C@H](CO)NC(=O)[C@H](CO)NC(=O)[C@H](CC(C)C)NC(=O)[C@H](CS)NC(=O)[C@@H](N)[C@@H](C)O)C(=O)NCC(=O)N[C@@H](CCC(N)=O)C(=O)N[C@@H](CC(C)C)C(=O)N[C@@H](CO)C(=O)NCC(=O)N[C@@H](CCC(N)=O)C(=O)O. The molecule has 0 aliphatic rings. The zero-order chi connectivity index (χ0) is 69.3. The summed E-state index contributed by atoms with van der Waals surface area (Å²) >= 11 is 4.09. The Morgan fingerprint density at radius 1 is 0.367 bits per heavy atom. The molecule has 0 aliphatic carbocycles. The number of hydrogen-bond donors (Lipinski definition) is 21. The van der Waals surface area contributed by atoms with Crippen molar-refractivity contribution in [3.8, 4) is 0 Å². The number of hydrogen-bond acceptors (Lipinski definition) is 21. The molecule has 90 heavy (non-hydrogen) atoms. The van der Waals surface area contributed by atoms with Crippen molar-refractivity contribution in [2.75, 3.05) is 38.7 Å². The van der Waals surface area contributed by atoms with Gasteiger partial charge in [-0.15, -0.1) is 0 Å². The number of primary amides is 2. The van der Waals surface area contributed by atoms with E-state index in [0.29, 0.717) is 0 Å². The van der Waals surface area contributed by atoms with Crippen molar-refractivity contribution in [2.24, 2.45) is 40.9 Å². The summed E-state index contributed by atoms with van der Waals surface area (Å²) in [6.07, 6.45) is -3.10. The molecule has 0 unspecified atom stereocenters. The normalized spacial score (nSPS) is 15.2. The maximum Gasteiger partial charge on any atom is 0.326 e. The Hall–Kier alpha value is -7.80. The summed E-state index contributed by atoms with van der Waals surface area (Å²) in [4.78, 5) is 195. The molecule has 0 radical (unpaired) electrons. The molecule has 0 aromatic rings. The minimum absolute atomic E-state index is 0.0118. The quantitative estimate of drug-likeness (QED) is 0.0252. The molecule has 35 nitrogen and oxygen atoms in total. The Morgan fingerprint density at radius 3 is 0.922 bits per heavy atom. The van der Waals surface area contributed by atoms with Gasteiger partial charge < -0.3 is 107 Å². The minimum atomic E-state index is -1.80. The first-order valence-corrected chi connectivity index (χ1v) is 29.8. The molecular formula is C54H95N15O20S.